The SMILES string of the molecule is CC1CCCC(C(=O)Nc2ccc(OCCC3CCCCC3)cc2)N1. The van der Waals surface area contributed by atoms with Gasteiger partial charge in [0.25, 0.3) is 0 Å². The molecule has 2 aliphatic rings. The van der Waals surface area contributed by atoms with E-state index in [1.165, 1.54) is 32.1 Å². The van der Waals surface area contributed by atoms with Crippen molar-refractivity contribution in [1.82, 2.24) is 5.32 Å². The molecule has 1 heterocycles. The molecule has 3 rings (SSSR count). The number of hydrogen-bond donors (Lipinski definition) is 2. The molecule has 1 saturated carbocycles. The first-order valence-electron chi connectivity index (χ1n) is 10.0. The molecule has 2 N–H and O–H groups in total. The Labute approximate surface area is 151 Å². The van der Waals surface area contributed by atoms with Crippen molar-refractivity contribution in [3.05, 3.63) is 24.3 Å². The molecule has 0 radical (unpaired) electrons. The number of carbonyl (C=O) groups excluding carboxylic acids is 1. The molecular formula is C21H32N2O2. The molecule has 1 aromatic carbocycles. The van der Waals surface area contributed by atoms with Gasteiger partial charge >= 0.3 is 0 Å². The summed E-state index contributed by atoms with van der Waals surface area (Å²) in [5.74, 6) is 1.80. The van der Waals surface area contributed by atoms with Gasteiger partial charge in [-0.1, -0.05) is 32.1 Å². The second-order valence-corrected chi connectivity index (χ2v) is 7.71. The van der Waals surface area contributed by atoms with Crippen LogP contribution in [0.15, 0.2) is 24.3 Å². The Morgan fingerprint density at radius 1 is 1.08 bits per heavy atom. The van der Waals surface area contributed by atoms with E-state index < -0.39 is 0 Å². The molecule has 1 aromatic rings. The molecule has 4 heteroatoms. The van der Waals surface area contributed by atoms with Crippen LogP contribution in [0.4, 0.5) is 5.69 Å². The summed E-state index contributed by atoms with van der Waals surface area (Å²) in [5, 5.41) is 6.38. The van der Waals surface area contributed by atoms with Gasteiger partial charge in [-0.2, -0.15) is 0 Å². The second kappa shape index (κ2) is 9.23. The molecule has 25 heavy (non-hydrogen) atoms. The van der Waals surface area contributed by atoms with Gasteiger partial charge in [0, 0.05) is 11.7 Å². The van der Waals surface area contributed by atoms with Gasteiger partial charge in [0.05, 0.1) is 12.6 Å². The van der Waals surface area contributed by atoms with E-state index >= 15 is 0 Å². The fourth-order valence-corrected chi connectivity index (χ4v) is 4.03. The monoisotopic (exact) mass is 344 g/mol. The van der Waals surface area contributed by atoms with Gasteiger partial charge in [-0.25, -0.2) is 0 Å². The third-order valence-electron chi connectivity index (χ3n) is 5.57. The maximum Gasteiger partial charge on any atom is 0.241 e. The maximum absolute atomic E-state index is 12.3. The van der Waals surface area contributed by atoms with E-state index in [-0.39, 0.29) is 11.9 Å². The Morgan fingerprint density at radius 2 is 1.84 bits per heavy atom. The number of ether oxygens (including phenoxy) is 1. The first-order valence-corrected chi connectivity index (χ1v) is 10.0. The van der Waals surface area contributed by atoms with Crippen molar-refractivity contribution < 1.29 is 9.53 Å². The summed E-state index contributed by atoms with van der Waals surface area (Å²) < 4.78 is 5.87. The summed E-state index contributed by atoms with van der Waals surface area (Å²) in [6.45, 7) is 2.93. The van der Waals surface area contributed by atoms with Crippen LogP contribution in [0.25, 0.3) is 0 Å². The van der Waals surface area contributed by atoms with Gasteiger partial charge in [-0.15, -0.1) is 0 Å². The van der Waals surface area contributed by atoms with E-state index in [4.69, 9.17) is 4.74 Å². The highest BCUT2D eigenvalue weighted by molar-refractivity contribution is 5.94. The van der Waals surface area contributed by atoms with Crippen LogP contribution in [0.5, 0.6) is 5.75 Å². The summed E-state index contributed by atoms with van der Waals surface area (Å²) in [6.07, 6.45) is 11.2. The van der Waals surface area contributed by atoms with Crippen molar-refractivity contribution in [2.24, 2.45) is 5.92 Å². The van der Waals surface area contributed by atoms with Crippen molar-refractivity contribution in [2.45, 2.75) is 76.8 Å². The maximum atomic E-state index is 12.3. The molecule has 1 saturated heterocycles. The van der Waals surface area contributed by atoms with E-state index in [2.05, 4.69) is 17.6 Å². The molecule has 4 nitrogen and oxygen atoms in total. The third kappa shape index (κ3) is 5.74. The van der Waals surface area contributed by atoms with Crippen LogP contribution in [0.2, 0.25) is 0 Å². The lowest BCUT2D eigenvalue weighted by Crippen LogP contribution is -2.47. The summed E-state index contributed by atoms with van der Waals surface area (Å²) in [4.78, 5) is 12.3. The van der Waals surface area contributed by atoms with Crippen LogP contribution in [-0.4, -0.2) is 24.6 Å². The van der Waals surface area contributed by atoms with Gasteiger partial charge < -0.3 is 15.4 Å². The van der Waals surface area contributed by atoms with E-state index in [0.29, 0.717) is 6.04 Å². The molecular weight excluding hydrogens is 312 g/mol. The smallest absolute Gasteiger partial charge is 0.241 e. The lowest BCUT2D eigenvalue weighted by atomic mass is 9.87. The van der Waals surface area contributed by atoms with Gasteiger partial charge in [0.1, 0.15) is 5.75 Å². The van der Waals surface area contributed by atoms with Crippen molar-refractivity contribution >= 4 is 11.6 Å². The highest BCUT2D eigenvalue weighted by Gasteiger charge is 2.24. The number of benzene rings is 1. The number of amides is 1. The Hall–Kier alpha value is -1.55. The highest BCUT2D eigenvalue weighted by atomic mass is 16.5. The van der Waals surface area contributed by atoms with Crippen LogP contribution in [0.1, 0.15) is 64.7 Å². The first kappa shape index (κ1) is 18.2. The standard InChI is InChI=1S/C21H32N2O2/c1-16-6-5-9-20(22-16)21(24)23-18-10-12-19(13-11-18)25-15-14-17-7-3-2-4-8-17/h10-13,16-17,20,22H,2-9,14-15H2,1H3,(H,23,24). The number of carbonyl (C=O) groups is 1. The first-order chi connectivity index (χ1) is 12.2. The normalized spacial score (nSPS) is 24.7. The number of nitrogens with one attached hydrogen (secondary N) is 2. The minimum absolute atomic E-state index is 0.0671. The second-order valence-electron chi connectivity index (χ2n) is 7.71. The lowest BCUT2D eigenvalue weighted by molar-refractivity contribution is -0.118. The minimum atomic E-state index is -0.0739. The molecule has 2 atom stereocenters. The van der Waals surface area contributed by atoms with Gasteiger partial charge in [-0.3, -0.25) is 4.79 Å². The molecule has 0 bridgehead atoms. The van der Waals surface area contributed by atoms with Crippen molar-refractivity contribution in [1.29, 1.82) is 0 Å². The van der Waals surface area contributed by atoms with Crippen molar-refractivity contribution in [3.8, 4) is 5.75 Å². The van der Waals surface area contributed by atoms with E-state index in [9.17, 15) is 4.79 Å². The number of piperidine rings is 1. The van der Waals surface area contributed by atoms with Gasteiger partial charge in [0.15, 0.2) is 0 Å². The summed E-state index contributed by atoms with van der Waals surface area (Å²) in [6, 6.07) is 8.11. The molecule has 0 aromatic heterocycles. The summed E-state index contributed by atoms with van der Waals surface area (Å²) >= 11 is 0. The molecule has 1 aliphatic carbocycles. The molecule has 2 fully saturated rings. The Kier molecular flexibility index (Phi) is 6.74. The predicted molar refractivity (Wildman–Crippen MR) is 102 cm³/mol. The summed E-state index contributed by atoms with van der Waals surface area (Å²) in [5.41, 5.74) is 0.838. The topological polar surface area (TPSA) is 50.4 Å². The van der Waals surface area contributed by atoms with E-state index in [1.807, 2.05) is 24.3 Å². The van der Waals surface area contributed by atoms with E-state index in [0.717, 1.165) is 49.6 Å². The zero-order valence-corrected chi connectivity index (χ0v) is 15.4. The van der Waals surface area contributed by atoms with Crippen LogP contribution >= 0.6 is 0 Å². The number of anilines is 1. The number of hydrogen-bond acceptors (Lipinski definition) is 3. The summed E-state index contributed by atoms with van der Waals surface area (Å²) in [7, 11) is 0. The molecule has 1 aliphatic heterocycles. The zero-order chi connectivity index (χ0) is 17.5. The predicted octanol–water partition coefficient (Wildman–Crippen LogP) is 4.50. The molecule has 138 valence electrons. The fourth-order valence-electron chi connectivity index (χ4n) is 4.03. The van der Waals surface area contributed by atoms with Gasteiger partial charge in [-0.05, 0) is 62.8 Å². The zero-order valence-electron chi connectivity index (χ0n) is 15.4. The minimum Gasteiger partial charge on any atom is -0.494 e. The van der Waals surface area contributed by atoms with Crippen LogP contribution in [-0.2, 0) is 4.79 Å². The Balaban J connectivity index is 1.41. The van der Waals surface area contributed by atoms with Crippen molar-refractivity contribution in [3.63, 3.8) is 0 Å². The van der Waals surface area contributed by atoms with Gasteiger partial charge in [0.2, 0.25) is 5.91 Å². The third-order valence-corrected chi connectivity index (χ3v) is 5.57. The van der Waals surface area contributed by atoms with Crippen LogP contribution < -0.4 is 15.4 Å². The Bertz CT molecular complexity index is 537. The highest BCUT2D eigenvalue weighted by Crippen LogP contribution is 2.26. The quantitative estimate of drug-likeness (QED) is 0.798. The van der Waals surface area contributed by atoms with Crippen molar-refractivity contribution in [2.75, 3.05) is 11.9 Å². The van der Waals surface area contributed by atoms with Crippen LogP contribution in [0, 0.1) is 5.92 Å². The molecule has 1 amide bonds. The average Bonchev–Trinajstić information content (AvgIpc) is 2.64. The lowest BCUT2D eigenvalue weighted by Gasteiger charge is -2.27. The number of rotatable bonds is 6. The molecule has 2 unspecified atom stereocenters. The fraction of sp³-hybridized carbons (Fsp3) is 0.667. The van der Waals surface area contributed by atoms with Crippen LogP contribution in [0.3, 0.4) is 0 Å². The largest absolute Gasteiger partial charge is 0.494 e. The molecule has 0 spiro atoms. The average molecular weight is 344 g/mol. The Morgan fingerprint density at radius 3 is 2.56 bits per heavy atom. The van der Waals surface area contributed by atoms with E-state index in [1.54, 1.807) is 0 Å².